The van der Waals surface area contributed by atoms with Crippen LogP contribution in [0.25, 0.3) is 16.8 Å². The maximum absolute atomic E-state index is 9.92. The van der Waals surface area contributed by atoms with Crippen LogP contribution >= 0.6 is 0 Å². The monoisotopic (exact) mass is 324 g/mol. The molecule has 2 heteroatoms. The van der Waals surface area contributed by atoms with Gasteiger partial charge in [0, 0.05) is 19.6 Å². The van der Waals surface area contributed by atoms with Gasteiger partial charge in [-0.15, -0.1) is 0 Å². The van der Waals surface area contributed by atoms with Gasteiger partial charge in [0.25, 0.3) is 0 Å². The fourth-order valence-electron chi connectivity index (χ4n) is 4.21. The molecule has 0 aromatic heterocycles. The first-order chi connectivity index (χ1) is 11.5. The molecular weight excluding hydrogens is 296 g/mol. The third-order valence-corrected chi connectivity index (χ3v) is 5.61. The summed E-state index contributed by atoms with van der Waals surface area (Å²) in [5, 5.41) is 12.4. The largest absolute Gasteiger partial charge is 0.396 e. The Kier molecular flexibility index (Phi) is 5.07. The molecule has 1 saturated carbocycles. The van der Waals surface area contributed by atoms with Crippen LogP contribution in [0.4, 0.5) is 0 Å². The van der Waals surface area contributed by atoms with Gasteiger partial charge in [-0.25, -0.2) is 0 Å². The van der Waals surface area contributed by atoms with Crippen LogP contribution in [0.2, 0.25) is 0 Å². The number of aliphatic hydroxyl groups excluding tert-OH is 1. The van der Waals surface area contributed by atoms with Crippen LogP contribution in [0.15, 0.2) is 48.5 Å². The topological polar surface area (TPSA) is 29.5 Å². The van der Waals surface area contributed by atoms with Gasteiger partial charge in [0.05, 0.1) is 6.10 Å². The molecule has 0 radical (unpaired) electrons. The van der Waals surface area contributed by atoms with Gasteiger partial charge in [-0.2, -0.15) is 0 Å². The predicted octanol–water partition coefficient (Wildman–Crippen LogP) is 4.91. The molecule has 2 aromatic carbocycles. The van der Waals surface area contributed by atoms with E-state index in [1.165, 1.54) is 16.3 Å². The zero-order chi connectivity index (χ0) is 17.2. The molecule has 0 amide bonds. The van der Waals surface area contributed by atoms with Crippen LogP contribution in [0.5, 0.6) is 0 Å². The summed E-state index contributed by atoms with van der Waals surface area (Å²) in [6.07, 6.45) is 6.79. The molecule has 0 bridgehead atoms. The Morgan fingerprint density at radius 3 is 2.62 bits per heavy atom. The van der Waals surface area contributed by atoms with Gasteiger partial charge in [0.2, 0.25) is 0 Å². The lowest BCUT2D eigenvalue weighted by Gasteiger charge is -2.45. The van der Waals surface area contributed by atoms with Crippen molar-refractivity contribution in [2.45, 2.75) is 32.8 Å². The Balaban J connectivity index is 1.81. The van der Waals surface area contributed by atoms with Gasteiger partial charge < -0.3 is 9.84 Å². The van der Waals surface area contributed by atoms with Gasteiger partial charge in [-0.3, -0.25) is 0 Å². The highest BCUT2D eigenvalue weighted by molar-refractivity contribution is 5.84. The van der Waals surface area contributed by atoms with Crippen molar-refractivity contribution in [2.24, 2.45) is 17.3 Å². The molecule has 0 saturated heterocycles. The third kappa shape index (κ3) is 3.40. The minimum Gasteiger partial charge on any atom is -0.396 e. The number of methoxy groups -OCH3 is 1. The first-order valence-electron chi connectivity index (χ1n) is 8.86. The van der Waals surface area contributed by atoms with E-state index in [9.17, 15) is 5.11 Å². The Morgan fingerprint density at radius 1 is 1.17 bits per heavy atom. The number of rotatable bonds is 4. The molecule has 24 heavy (non-hydrogen) atoms. The molecule has 128 valence electrons. The smallest absolute Gasteiger partial charge is 0.0677 e. The molecule has 1 N–H and O–H groups in total. The van der Waals surface area contributed by atoms with Crippen LogP contribution in [-0.2, 0) is 4.74 Å². The lowest BCUT2D eigenvalue weighted by atomic mass is 9.65. The highest BCUT2D eigenvalue weighted by Gasteiger charge is 2.43. The van der Waals surface area contributed by atoms with Crippen molar-refractivity contribution in [2.75, 3.05) is 13.7 Å². The van der Waals surface area contributed by atoms with Crippen LogP contribution < -0.4 is 0 Å². The average molecular weight is 324 g/mol. The van der Waals surface area contributed by atoms with Gasteiger partial charge in [-0.05, 0) is 46.6 Å². The summed E-state index contributed by atoms with van der Waals surface area (Å²) in [5.41, 5.74) is 1.33. The number of aliphatic hydroxyl groups is 1. The van der Waals surface area contributed by atoms with Crippen LogP contribution in [0.3, 0.4) is 0 Å². The molecule has 1 aliphatic carbocycles. The molecule has 3 rings (SSSR count). The number of benzene rings is 2. The van der Waals surface area contributed by atoms with Gasteiger partial charge in [-0.1, -0.05) is 62.4 Å². The van der Waals surface area contributed by atoms with Crippen molar-refractivity contribution >= 4 is 16.8 Å². The lowest BCUT2D eigenvalue weighted by Crippen LogP contribution is -2.46. The van der Waals surface area contributed by atoms with E-state index in [2.05, 4.69) is 68.5 Å². The number of allylic oxidation sites excluding steroid dienone is 1. The van der Waals surface area contributed by atoms with Crippen LogP contribution in [-0.4, -0.2) is 24.9 Å². The second-order valence-corrected chi connectivity index (χ2v) is 7.66. The van der Waals surface area contributed by atoms with Crippen molar-refractivity contribution in [3.8, 4) is 0 Å². The molecule has 2 aromatic rings. The maximum Gasteiger partial charge on any atom is 0.0677 e. The van der Waals surface area contributed by atoms with Crippen LogP contribution in [0.1, 0.15) is 32.3 Å². The van der Waals surface area contributed by atoms with E-state index in [1.54, 1.807) is 7.11 Å². The maximum atomic E-state index is 9.92. The van der Waals surface area contributed by atoms with Gasteiger partial charge in [0.15, 0.2) is 0 Å². The highest BCUT2D eigenvalue weighted by Crippen LogP contribution is 2.44. The van der Waals surface area contributed by atoms with Crippen LogP contribution in [0, 0.1) is 17.3 Å². The quantitative estimate of drug-likeness (QED) is 0.865. The predicted molar refractivity (Wildman–Crippen MR) is 101 cm³/mol. The fraction of sp³-hybridized carbons (Fsp3) is 0.455. The lowest BCUT2D eigenvalue weighted by molar-refractivity contribution is -0.0911. The Bertz CT molecular complexity index is 717. The van der Waals surface area contributed by atoms with Gasteiger partial charge in [0.1, 0.15) is 0 Å². The van der Waals surface area contributed by atoms with E-state index in [1.807, 2.05) is 0 Å². The first kappa shape index (κ1) is 17.2. The standard InChI is InChI=1S/C22H28O2/c1-22(2)13-12-18(20(15-23)21(22)24-3)11-9-16-8-10-17-6-4-5-7-19(17)14-16/h4-11,14,18,20-21,23H,12-13,15H2,1-3H3/t18-,20+,21-/m1/s1. The Morgan fingerprint density at radius 2 is 1.92 bits per heavy atom. The second kappa shape index (κ2) is 7.08. The molecule has 2 nitrogen and oxygen atoms in total. The zero-order valence-corrected chi connectivity index (χ0v) is 14.9. The van der Waals surface area contributed by atoms with Crippen molar-refractivity contribution in [1.82, 2.24) is 0 Å². The summed E-state index contributed by atoms with van der Waals surface area (Å²) >= 11 is 0. The summed E-state index contributed by atoms with van der Waals surface area (Å²) in [4.78, 5) is 0. The molecule has 0 aliphatic heterocycles. The SMILES string of the molecule is CO[C@@H]1[C@@H](CO)[C@H](C=Cc2ccc3ccccc3c2)CCC1(C)C. The van der Waals surface area contributed by atoms with E-state index in [-0.39, 0.29) is 24.0 Å². The highest BCUT2D eigenvalue weighted by atomic mass is 16.5. The normalized spacial score (nSPS) is 26.9. The molecule has 3 atom stereocenters. The summed E-state index contributed by atoms with van der Waals surface area (Å²) in [7, 11) is 1.77. The van der Waals surface area contributed by atoms with E-state index in [0.29, 0.717) is 5.92 Å². The molecule has 0 unspecified atom stereocenters. The summed E-state index contributed by atoms with van der Waals surface area (Å²) < 4.78 is 5.76. The molecular formula is C22H28O2. The Hall–Kier alpha value is -1.64. The number of hydrogen-bond acceptors (Lipinski definition) is 2. The molecule has 1 fully saturated rings. The molecule has 0 spiro atoms. The van der Waals surface area contributed by atoms with E-state index < -0.39 is 0 Å². The first-order valence-corrected chi connectivity index (χ1v) is 8.86. The summed E-state index contributed by atoms with van der Waals surface area (Å²) in [5.74, 6) is 0.523. The minimum absolute atomic E-state index is 0.0995. The third-order valence-electron chi connectivity index (χ3n) is 5.61. The Labute approximate surface area is 145 Å². The van der Waals surface area contributed by atoms with E-state index in [0.717, 1.165) is 12.8 Å². The summed E-state index contributed by atoms with van der Waals surface area (Å²) in [6.45, 7) is 4.66. The minimum atomic E-state index is 0.0995. The van der Waals surface area contributed by atoms with Crippen molar-refractivity contribution < 1.29 is 9.84 Å². The van der Waals surface area contributed by atoms with E-state index in [4.69, 9.17) is 4.74 Å². The fourth-order valence-corrected chi connectivity index (χ4v) is 4.21. The van der Waals surface area contributed by atoms with Gasteiger partial charge >= 0.3 is 0 Å². The number of fused-ring (bicyclic) bond motifs is 1. The second-order valence-electron chi connectivity index (χ2n) is 7.66. The van der Waals surface area contributed by atoms with Crippen molar-refractivity contribution in [3.63, 3.8) is 0 Å². The molecule has 0 heterocycles. The van der Waals surface area contributed by atoms with Crippen molar-refractivity contribution in [1.29, 1.82) is 0 Å². The van der Waals surface area contributed by atoms with E-state index >= 15 is 0 Å². The number of hydrogen-bond donors (Lipinski definition) is 1. The molecule has 1 aliphatic rings. The zero-order valence-electron chi connectivity index (χ0n) is 14.9. The average Bonchev–Trinajstić information content (AvgIpc) is 2.59. The van der Waals surface area contributed by atoms with Crippen molar-refractivity contribution in [3.05, 3.63) is 54.1 Å². The summed E-state index contributed by atoms with van der Waals surface area (Å²) in [6, 6.07) is 15.0. The number of ether oxygens (including phenoxy) is 1.